The van der Waals surface area contributed by atoms with Gasteiger partial charge in [0.15, 0.2) is 0 Å². The molecule has 8 nitrogen and oxygen atoms in total. The maximum absolute atomic E-state index is 14.4. The molecule has 3 aliphatic rings. The number of rotatable bonds is 8. The molecule has 0 saturated carbocycles. The van der Waals surface area contributed by atoms with Crippen LogP contribution >= 0.6 is 23.2 Å². The number of amides is 3. The van der Waals surface area contributed by atoms with Crippen LogP contribution in [0.3, 0.4) is 0 Å². The maximum atomic E-state index is 14.4. The second-order valence-corrected chi connectivity index (χ2v) is 11.6. The predicted octanol–water partition coefficient (Wildman–Crippen LogP) is 4.37. The van der Waals surface area contributed by atoms with Gasteiger partial charge in [0.25, 0.3) is 0 Å². The van der Waals surface area contributed by atoms with E-state index in [2.05, 4.69) is 15.5 Å². The van der Waals surface area contributed by atoms with Crippen LogP contribution in [-0.2, 0) is 24.5 Å². The smallest absolute Gasteiger partial charge is 0.239 e. The number of benzene rings is 2. The zero-order valence-corrected chi connectivity index (χ0v) is 24.9. The Kier molecular flexibility index (Phi) is 9.04. The minimum atomic E-state index is -1.19. The van der Waals surface area contributed by atoms with Crippen LogP contribution in [-0.4, -0.2) is 79.5 Å². The molecule has 1 spiro atoms. The summed E-state index contributed by atoms with van der Waals surface area (Å²) in [7, 11) is 0. The van der Waals surface area contributed by atoms with Crippen LogP contribution in [0, 0.1) is 0 Å². The van der Waals surface area contributed by atoms with Crippen molar-refractivity contribution in [2.75, 3.05) is 51.3 Å². The van der Waals surface area contributed by atoms with Crippen LogP contribution < -0.4 is 10.6 Å². The normalized spacial score (nSPS) is 24.9. The molecular formula is C31H36Cl2N4O4. The van der Waals surface area contributed by atoms with E-state index in [1.54, 1.807) is 23.1 Å². The average Bonchev–Trinajstić information content (AvgIpc) is 3.23. The lowest BCUT2D eigenvalue weighted by atomic mass is 9.58. The van der Waals surface area contributed by atoms with E-state index in [9.17, 15) is 14.4 Å². The molecule has 3 aliphatic heterocycles. The SMILES string of the molecule is C/C=C(/CC)[C@H]1N(CC(=O)NCCN2CCOCC2)C(=O)C[C@@H](c2cccc(Cl)c2)[C@]12C(=O)Nc1cc(Cl)ccc12. The second-order valence-electron chi connectivity index (χ2n) is 10.8. The summed E-state index contributed by atoms with van der Waals surface area (Å²) in [5.41, 5.74) is 1.90. The Balaban J connectivity index is 1.55. The number of nitrogens with one attached hydrogen (secondary N) is 2. The number of hydrogen-bond acceptors (Lipinski definition) is 5. The summed E-state index contributed by atoms with van der Waals surface area (Å²) >= 11 is 12.8. The third-order valence-electron chi connectivity index (χ3n) is 8.59. The van der Waals surface area contributed by atoms with Crippen molar-refractivity contribution in [3.8, 4) is 0 Å². The zero-order chi connectivity index (χ0) is 29.1. The van der Waals surface area contributed by atoms with E-state index in [1.165, 1.54) is 0 Å². The van der Waals surface area contributed by atoms with Crippen LogP contribution in [0.1, 0.15) is 43.7 Å². The van der Waals surface area contributed by atoms with Crippen LogP contribution in [0.15, 0.2) is 54.1 Å². The summed E-state index contributed by atoms with van der Waals surface area (Å²) in [6.45, 7) is 7.97. The molecule has 3 amide bonds. The number of ether oxygens (including phenoxy) is 1. The van der Waals surface area contributed by atoms with Gasteiger partial charge in [-0.05, 0) is 48.7 Å². The van der Waals surface area contributed by atoms with Crippen molar-refractivity contribution in [3.05, 3.63) is 75.3 Å². The van der Waals surface area contributed by atoms with Gasteiger partial charge in [-0.3, -0.25) is 19.3 Å². The fraction of sp³-hybridized carbons (Fsp3) is 0.452. The Morgan fingerprint density at radius 2 is 1.90 bits per heavy atom. The molecule has 2 N–H and O–H groups in total. The third kappa shape index (κ3) is 5.63. The number of fused-ring (bicyclic) bond motifs is 2. The fourth-order valence-corrected chi connectivity index (χ4v) is 7.07. The lowest BCUT2D eigenvalue weighted by molar-refractivity contribution is -0.147. The summed E-state index contributed by atoms with van der Waals surface area (Å²) in [5, 5.41) is 7.09. The van der Waals surface area contributed by atoms with Crippen molar-refractivity contribution >= 4 is 46.6 Å². The number of morpholine rings is 1. The minimum absolute atomic E-state index is 0.0497. The van der Waals surface area contributed by atoms with E-state index < -0.39 is 17.4 Å². The first-order valence-corrected chi connectivity index (χ1v) is 14.9. The highest BCUT2D eigenvalue weighted by atomic mass is 35.5. The van der Waals surface area contributed by atoms with Gasteiger partial charge in [0.05, 0.1) is 19.3 Å². The number of hydrogen-bond donors (Lipinski definition) is 2. The number of likely N-dealkylation sites (tertiary alicyclic amines) is 1. The first kappa shape index (κ1) is 29.6. The van der Waals surface area contributed by atoms with Gasteiger partial charge in [-0.15, -0.1) is 0 Å². The van der Waals surface area contributed by atoms with Gasteiger partial charge in [0.1, 0.15) is 12.0 Å². The van der Waals surface area contributed by atoms with Crippen LogP contribution in [0.2, 0.25) is 10.0 Å². The number of carbonyl (C=O) groups is 3. The first-order chi connectivity index (χ1) is 19.8. The highest BCUT2D eigenvalue weighted by Gasteiger charge is 2.63. The summed E-state index contributed by atoms with van der Waals surface area (Å²) in [5.74, 6) is -1.17. The quantitative estimate of drug-likeness (QED) is 0.440. The molecule has 41 heavy (non-hydrogen) atoms. The van der Waals surface area contributed by atoms with Gasteiger partial charge in [0.2, 0.25) is 17.7 Å². The average molecular weight is 600 g/mol. The molecular weight excluding hydrogens is 563 g/mol. The predicted molar refractivity (Wildman–Crippen MR) is 160 cm³/mol. The van der Waals surface area contributed by atoms with Gasteiger partial charge < -0.3 is 20.3 Å². The van der Waals surface area contributed by atoms with Crippen molar-refractivity contribution in [1.82, 2.24) is 15.1 Å². The van der Waals surface area contributed by atoms with Crippen LogP contribution in [0.4, 0.5) is 5.69 Å². The van der Waals surface area contributed by atoms with E-state index in [1.807, 2.05) is 44.2 Å². The van der Waals surface area contributed by atoms with Crippen LogP contribution in [0.5, 0.6) is 0 Å². The van der Waals surface area contributed by atoms with Crippen molar-refractivity contribution < 1.29 is 19.1 Å². The van der Waals surface area contributed by atoms with E-state index >= 15 is 0 Å². The Hall–Kier alpha value is -2.91. The van der Waals surface area contributed by atoms with Crippen molar-refractivity contribution in [1.29, 1.82) is 0 Å². The number of nitrogens with zero attached hydrogens (tertiary/aromatic N) is 2. The van der Waals surface area contributed by atoms with Gasteiger partial charge in [0, 0.05) is 54.3 Å². The third-order valence-corrected chi connectivity index (χ3v) is 9.06. The number of piperidine rings is 1. The molecule has 2 fully saturated rings. The standard InChI is InChI=1S/C31H36Cl2N4O4/c1-3-20(4-2)29-31(24-9-8-23(33)17-26(24)35-30(31)40)25(21-6-5-7-22(32)16-21)18-28(39)37(29)19-27(38)34-10-11-36-12-14-41-15-13-36/h3,5-9,16-17,25,29H,4,10-15,18-19H2,1-2H3,(H,34,38)(H,35,40)/b20-3-/t25-,29+,31-/m0/s1. The number of allylic oxidation sites excluding steroid dienone is 1. The molecule has 2 aromatic rings. The van der Waals surface area contributed by atoms with E-state index in [0.717, 1.165) is 29.8 Å². The van der Waals surface area contributed by atoms with Crippen molar-refractivity contribution in [3.63, 3.8) is 0 Å². The molecule has 3 heterocycles. The maximum Gasteiger partial charge on any atom is 0.239 e. The molecule has 10 heteroatoms. The summed E-state index contributed by atoms with van der Waals surface area (Å²) < 4.78 is 5.40. The van der Waals surface area contributed by atoms with Crippen molar-refractivity contribution in [2.24, 2.45) is 0 Å². The molecule has 2 aromatic carbocycles. The molecule has 218 valence electrons. The molecule has 0 unspecified atom stereocenters. The van der Waals surface area contributed by atoms with Gasteiger partial charge in [-0.2, -0.15) is 0 Å². The fourth-order valence-electron chi connectivity index (χ4n) is 6.70. The first-order valence-electron chi connectivity index (χ1n) is 14.2. The highest BCUT2D eigenvalue weighted by Crippen LogP contribution is 2.57. The Morgan fingerprint density at radius 1 is 1.15 bits per heavy atom. The molecule has 0 radical (unpaired) electrons. The molecule has 0 bridgehead atoms. The summed E-state index contributed by atoms with van der Waals surface area (Å²) in [4.78, 5) is 45.5. The lowest BCUT2D eigenvalue weighted by Gasteiger charge is -2.52. The van der Waals surface area contributed by atoms with E-state index in [4.69, 9.17) is 27.9 Å². The minimum Gasteiger partial charge on any atom is -0.379 e. The molecule has 3 atom stereocenters. The molecule has 2 saturated heterocycles. The number of halogens is 2. The Bertz CT molecular complexity index is 1360. The highest BCUT2D eigenvalue weighted by molar-refractivity contribution is 6.31. The molecule has 0 aliphatic carbocycles. The Morgan fingerprint density at radius 3 is 2.61 bits per heavy atom. The summed E-state index contributed by atoms with van der Waals surface area (Å²) in [6, 6.07) is 12.1. The summed E-state index contributed by atoms with van der Waals surface area (Å²) in [6.07, 6.45) is 2.61. The van der Waals surface area contributed by atoms with E-state index in [-0.39, 0.29) is 30.7 Å². The molecule has 0 aromatic heterocycles. The van der Waals surface area contributed by atoms with Gasteiger partial charge >= 0.3 is 0 Å². The zero-order valence-electron chi connectivity index (χ0n) is 23.4. The number of anilines is 1. The van der Waals surface area contributed by atoms with Gasteiger partial charge in [-0.1, -0.05) is 60.0 Å². The van der Waals surface area contributed by atoms with Gasteiger partial charge in [-0.25, -0.2) is 0 Å². The largest absolute Gasteiger partial charge is 0.379 e. The van der Waals surface area contributed by atoms with Crippen molar-refractivity contribution in [2.45, 2.75) is 44.1 Å². The topological polar surface area (TPSA) is 91.0 Å². The monoisotopic (exact) mass is 598 g/mol. The number of carbonyl (C=O) groups excluding carboxylic acids is 3. The van der Waals surface area contributed by atoms with E-state index in [0.29, 0.717) is 48.5 Å². The lowest BCUT2D eigenvalue weighted by Crippen LogP contribution is -2.65. The van der Waals surface area contributed by atoms with Crippen LogP contribution in [0.25, 0.3) is 0 Å². The Labute approximate surface area is 251 Å². The molecule has 5 rings (SSSR count). The second kappa shape index (κ2) is 12.5.